The summed E-state index contributed by atoms with van der Waals surface area (Å²) < 4.78 is 8.50. The van der Waals surface area contributed by atoms with Crippen molar-refractivity contribution in [3.05, 3.63) is 94.2 Å². The number of rotatable bonds is 12. The van der Waals surface area contributed by atoms with Crippen molar-refractivity contribution in [1.29, 1.82) is 0 Å². The van der Waals surface area contributed by atoms with Gasteiger partial charge in [0.2, 0.25) is 5.91 Å². The van der Waals surface area contributed by atoms with Crippen LogP contribution in [-0.2, 0) is 22.6 Å². The number of carbonyl (C=O) groups excluding carboxylic acids is 2. The fourth-order valence-corrected chi connectivity index (χ4v) is 5.46. The second-order valence-electron chi connectivity index (χ2n) is 10.0. The third-order valence-corrected chi connectivity index (χ3v) is 7.80. The minimum Gasteiger partial charge on any atom is -0.385 e. The zero-order chi connectivity index (χ0) is 26.7. The molecule has 2 amide bonds. The second kappa shape index (κ2) is 14.3. The second-order valence-corrected chi connectivity index (χ2v) is 10.9. The first-order valence-corrected chi connectivity index (χ1v) is 14.4. The summed E-state index contributed by atoms with van der Waals surface area (Å²) in [4.78, 5) is 31.0. The number of hydrogen-bond donors (Lipinski definition) is 0. The molecule has 0 aliphatic heterocycles. The molecule has 6 nitrogen and oxygen atoms in total. The molecule has 1 aliphatic rings. The monoisotopic (exact) mass is 579 g/mol. The van der Waals surface area contributed by atoms with Crippen LogP contribution < -0.4 is 0 Å². The van der Waals surface area contributed by atoms with Gasteiger partial charge in [-0.2, -0.15) is 0 Å². The van der Waals surface area contributed by atoms with Crippen molar-refractivity contribution in [2.24, 2.45) is 0 Å². The van der Waals surface area contributed by atoms with Crippen LogP contribution in [-0.4, -0.2) is 59.0 Å². The topological polar surface area (TPSA) is 54.8 Å². The van der Waals surface area contributed by atoms with Gasteiger partial charge in [-0.15, -0.1) is 0 Å². The summed E-state index contributed by atoms with van der Waals surface area (Å²) in [6.45, 7) is 2.38. The van der Waals surface area contributed by atoms with E-state index in [2.05, 4.69) is 57.0 Å². The van der Waals surface area contributed by atoms with Gasteiger partial charge in [-0.25, -0.2) is 0 Å². The number of hydrogen-bond acceptors (Lipinski definition) is 3. The van der Waals surface area contributed by atoms with Crippen LogP contribution in [0.15, 0.2) is 77.4 Å². The number of aromatic nitrogens is 1. The Morgan fingerprint density at radius 1 is 0.974 bits per heavy atom. The van der Waals surface area contributed by atoms with Gasteiger partial charge < -0.3 is 19.1 Å². The Kier molecular flexibility index (Phi) is 10.6. The zero-order valence-corrected chi connectivity index (χ0v) is 23.8. The van der Waals surface area contributed by atoms with Gasteiger partial charge in [0.05, 0.1) is 6.54 Å². The molecule has 1 aliphatic carbocycles. The van der Waals surface area contributed by atoms with Crippen LogP contribution in [0.25, 0.3) is 0 Å². The highest BCUT2D eigenvalue weighted by Gasteiger charge is 2.29. The SMILES string of the molecule is COCCCN(CC(=O)N(Cc1cccn1Cc1ccc(Br)cc1)C1CCCCC1)C(=O)c1ccccc1. The molecule has 0 unspecified atom stereocenters. The van der Waals surface area contributed by atoms with E-state index in [1.165, 1.54) is 12.0 Å². The Labute approximate surface area is 234 Å². The Hall–Kier alpha value is -2.90. The van der Waals surface area contributed by atoms with E-state index in [0.29, 0.717) is 31.7 Å². The Morgan fingerprint density at radius 3 is 2.42 bits per heavy atom. The van der Waals surface area contributed by atoms with Crippen LogP contribution in [0, 0.1) is 0 Å². The molecule has 0 atom stereocenters. The molecule has 38 heavy (non-hydrogen) atoms. The van der Waals surface area contributed by atoms with Gasteiger partial charge >= 0.3 is 0 Å². The highest BCUT2D eigenvalue weighted by atomic mass is 79.9. The Morgan fingerprint density at radius 2 is 1.71 bits per heavy atom. The van der Waals surface area contributed by atoms with Crippen molar-refractivity contribution in [2.45, 2.75) is 57.7 Å². The van der Waals surface area contributed by atoms with E-state index >= 15 is 0 Å². The van der Waals surface area contributed by atoms with Crippen LogP contribution in [0.2, 0.25) is 0 Å². The smallest absolute Gasteiger partial charge is 0.254 e. The Balaban J connectivity index is 1.53. The lowest BCUT2D eigenvalue weighted by Gasteiger charge is -2.36. The fraction of sp³-hybridized carbons (Fsp3) is 0.419. The molecule has 0 saturated heterocycles. The molecule has 1 fully saturated rings. The summed E-state index contributed by atoms with van der Waals surface area (Å²) in [7, 11) is 1.66. The normalized spacial score (nSPS) is 13.8. The molecule has 0 bridgehead atoms. The average Bonchev–Trinajstić information content (AvgIpc) is 3.39. The lowest BCUT2D eigenvalue weighted by atomic mass is 9.94. The molecule has 0 radical (unpaired) electrons. The van der Waals surface area contributed by atoms with E-state index in [1.807, 2.05) is 41.3 Å². The van der Waals surface area contributed by atoms with Crippen molar-refractivity contribution in [1.82, 2.24) is 14.4 Å². The van der Waals surface area contributed by atoms with Gasteiger partial charge in [0.25, 0.3) is 5.91 Å². The molecule has 1 saturated carbocycles. The highest BCUT2D eigenvalue weighted by Crippen LogP contribution is 2.25. The van der Waals surface area contributed by atoms with Crippen LogP contribution in [0.4, 0.5) is 0 Å². The standard InChI is InChI=1S/C31H38BrN3O3/c1-38-21-9-20-34(31(37)26-10-4-2-5-11-26)24-30(36)35(28-12-6-3-7-13-28)23-29-14-8-19-33(29)22-25-15-17-27(32)18-16-25/h2,4-5,8,10-11,14-19,28H,3,6-7,9,12-13,20-24H2,1H3. The van der Waals surface area contributed by atoms with E-state index in [0.717, 1.165) is 42.4 Å². The maximum absolute atomic E-state index is 13.9. The molecular formula is C31H38BrN3O3. The number of amides is 2. The van der Waals surface area contributed by atoms with Crippen molar-refractivity contribution in [2.75, 3.05) is 26.8 Å². The van der Waals surface area contributed by atoms with Crippen molar-refractivity contribution in [3.63, 3.8) is 0 Å². The number of halogens is 1. The third kappa shape index (κ3) is 7.81. The van der Waals surface area contributed by atoms with Crippen LogP contribution >= 0.6 is 15.9 Å². The lowest BCUT2D eigenvalue weighted by Crippen LogP contribution is -2.48. The molecule has 7 heteroatoms. The van der Waals surface area contributed by atoms with Gasteiger partial charge in [-0.1, -0.05) is 65.5 Å². The predicted molar refractivity (Wildman–Crippen MR) is 154 cm³/mol. The predicted octanol–water partition coefficient (Wildman–Crippen LogP) is 6.14. The van der Waals surface area contributed by atoms with Crippen LogP contribution in [0.5, 0.6) is 0 Å². The van der Waals surface area contributed by atoms with Gasteiger partial charge in [-0.3, -0.25) is 9.59 Å². The van der Waals surface area contributed by atoms with Gasteiger partial charge in [0.1, 0.15) is 6.54 Å². The van der Waals surface area contributed by atoms with E-state index < -0.39 is 0 Å². The minimum atomic E-state index is -0.114. The van der Waals surface area contributed by atoms with Crippen LogP contribution in [0.1, 0.15) is 60.1 Å². The van der Waals surface area contributed by atoms with E-state index in [4.69, 9.17) is 4.74 Å². The van der Waals surface area contributed by atoms with Crippen LogP contribution in [0.3, 0.4) is 0 Å². The van der Waals surface area contributed by atoms with Crippen molar-refractivity contribution >= 4 is 27.7 Å². The first-order valence-electron chi connectivity index (χ1n) is 13.6. The number of benzene rings is 2. The summed E-state index contributed by atoms with van der Waals surface area (Å²) in [5.41, 5.74) is 2.91. The number of ether oxygens (including phenoxy) is 1. The number of carbonyl (C=O) groups is 2. The lowest BCUT2D eigenvalue weighted by molar-refractivity contribution is -0.135. The molecular weight excluding hydrogens is 542 g/mol. The largest absolute Gasteiger partial charge is 0.385 e. The van der Waals surface area contributed by atoms with Gasteiger partial charge in [0.15, 0.2) is 0 Å². The fourth-order valence-electron chi connectivity index (χ4n) is 5.19. The average molecular weight is 581 g/mol. The molecule has 0 spiro atoms. The summed E-state index contributed by atoms with van der Waals surface area (Å²) >= 11 is 3.51. The van der Waals surface area contributed by atoms with E-state index in [-0.39, 0.29) is 24.4 Å². The maximum atomic E-state index is 13.9. The summed E-state index contributed by atoms with van der Waals surface area (Å²) in [6.07, 6.45) is 8.27. The molecule has 1 heterocycles. The van der Waals surface area contributed by atoms with Gasteiger partial charge in [-0.05, 0) is 61.2 Å². The molecule has 1 aromatic heterocycles. The Bertz CT molecular complexity index is 1160. The zero-order valence-electron chi connectivity index (χ0n) is 22.2. The minimum absolute atomic E-state index is 0.00925. The molecule has 202 valence electrons. The maximum Gasteiger partial charge on any atom is 0.254 e. The first-order chi connectivity index (χ1) is 18.5. The first kappa shape index (κ1) is 28.1. The van der Waals surface area contributed by atoms with E-state index in [1.54, 1.807) is 12.0 Å². The van der Waals surface area contributed by atoms with Gasteiger partial charge in [0, 0.05) is 54.8 Å². The number of nitrogens with zero attached hydrogens (tertiary/aromatic N) is 3. The molecule has 4 rings (SSSR count). The summed E-state index contributed by atoms with van der Waals surface area (Å²) in [5.74, 6) is -0.104. The van der Waals surface area contributed by atoms with Crippen molar-refractivity contribution < 1.29 is 14.3 Å². The molecule has 0 N–H and O–H groups in total. The van der Waals surface area contributed by atoms with Crippen molar-refractivity contribution in [3.8, 4) is 0 Å². The molecule has 3 aromatic rings. The molecule has 2 aromatic carbocycles. The number of methoxy groups -OCH3 is 1. The summed E-state index contributed by atoms with van der Waals surface area (Å²) in [6, 6.07) is 21.9. The van der Waals surface area contributed by atoms with E-state index in [9.17, 15) is 9.59 Å². The summed E-state index contributed by atoms with van der Waals surface area (Å²) in [5, 5.41) is 0. The quantitative estimate of drug-likeness (QED) is 0.242. The highest BCUT2D eigenvalue weighted by molar-refractivity contribution is 9.10. The third-order valence-electron chi connectivity index (χ3n) is 7.27.